The van der Waals surface area contributed by atoms with Crippen molar-refractivity contribution in [1.29, 1.82) is 0 Å². The molecule has 0 unspecified atom stereocenters. The Morgan fingerprint density at radius 1 is 1.00 bits per heavy atom. The number of anilines is 1. The Morgan fingerprint density at radius 3 is 2.11 bits per heavy atom. The highest BCUT2D eigenvalue weighted by Crippen LogP contribution is 2.17. The van der Waals surface area contributed by atoms with Gasteiger partial charge in [-0.3, -0.25) is 4.79 Å². The Labute approximate surface area is 159 Å². The Balaban J connectivity index is 1.86. The zero-order chi connectivity index (χ0) is 20.0. The molecule has 144 valence electrons. The summed E-state index contributed by atoms with van der Waals surface area (Å²) in [4.78, 5) is 23.9. The van der Waals surface area contributed by atoms with Crippen LogP contribution < -0.4 is 5.32 Å². The number of esters is 1. The van der Waals surface area contributed by atoms with E-state index in [2.05, 4.69) is 19.2 Å². The van der Waals surface area contributed by atoms with Crippen LogP contribution in [0.4, 0.5) is 5.69 Å². The van der Waals surface area contributed by atoms with Crippen LogP contribution in [0.25, 0.3) is 0 Å². The van der Waals surface area contributed by atoms with Gasteiger partial charge in [-0.1, -0.05) is 38.1 Å². The van der Waals surface area contributed by atoms with Gasteiger partial charge in [0.05, 0.1) is 11.3 Å². The summed E-state index contributed by atoms with van der Waals surface area (Å²) in [5.41, 5.74) is 2.63. The number of carbonyl (C=O) groups excluding carboxylic acids is 2. The Kier molecular flexibility index (Phi) is 6.74. The molecular weight excluding hydrogens is 366 g/mol. The van der Waals surface area contributed by atoms with Crippen LogP contribution in [0.15, 0.2) is 48.5 Å². The van der Waals surface area contributed by atoms with Gasteiger partial charge in [-0.05, 0) is 41.3 Å². The minimum atomic E-state index is -3.14. The molecule has 2 aromatic carbocycles. The normalized spacial score (nSPS) is 11.3. The van der Waals surface area contributed by atoms with Crippen molar-refractivity contribution in [3.63, 3.8) is 0 Å². The second-order valence-corrected chi connectivity index (χ2v) is 8.81. The minimum Gasteiger partial charge on any atom is -0.452 e. The smallest absolute Gasteiger partial charge is 0.338 e. The van der Waals surface area contributed by atoms with E-state index >= 15 is 0 Å². The third kappa shape index (κ3) is 6.86. The summed E-state index contributed by atoms with van der Waals surface area (Å²) >= 11 is 0. The predicted octanol–water partition coefficient (Wildman–Crippen LogP) is 3.15. The van der Waals surface area contributed by atoms with Crippen LogP contribution in [-0.4, -0.2) is 33.2 Å². The highest BCUT2D eigenvalue weighted by molar-refractivity contribution is 7.89. The molecule has 7 heteroatoms. The van der Waals surface area contributed by atoms with Crippen molar-refractivity contribution in [2.45, 2.75) is 25.5 Å². The van der Waals surface area contributed by atoms with Gasteiger partial charge >= 0.3 is 5.97 Å². The minimum absolute atomic E-state index is 0.0969. The van der Waals surface area contributed by atoms with Gasteiger partial charge in [0.25, 0.3) is 5.91 Å². The van der Waals surface area contributed by atoms with Gasteiger partial charge < -0.3 is 10.1 Å². The van der Waals surface area contributed by atoms with E-state index in [0.29, 0.717) is 17.2 Å². The standard InChI is InChI=1S/C20H23NO5S/c1-14(2)16-8-10-18(11-9-16)21-19(22)12-26-20(23)17-6-4-15(5-7-17)13-27(3,24)25/h4-11,14H,12-13H2,1-3H3,(H,21,22). The molecule has 0 aliphatic rings. The average molecular weight is 389 g/mol. The zero-order valence-corrected chi connectivity index (χ0v) is 16.4. The number of benzene rings is 2. The van der Waals surface area contributed by atoms with Gasteiger partial charge in [-0.15, -0.1) is 0 Å². The van der Waals surface area contributed by atoms with E-state index in [4.69, 9.17) is 4.74 Å². The van der Waals surface area contributed by atoms with E-state index < -0.39 is 28.3 Å². The second-order valence-electron chi connectivity index (χ2n) is 6.67. The summed E-state index contributed by atoms with van der Waals surface area (Å²) in [6, 6.07) is 13.5. The lowest BCUT2D eigenvalue weighted by atomic mass is 10.0. The van der Waals surface area contributed by atoms with Crippen LogP contribution >= 0.6 is 0 Å². The van der Waals surface area contributed by atoms with E-state index in [1.807, 2.05) is 12.1 Å². The zero-order valence-electron chi connectivity index (χ0n) is 15.6. The fourth-order valence-electron chi connectivity index (χ4n) is 2.40. The number of sulfone groups is 1. The maximum absolute atomic E-state index is 12.0. The predicted molar refractivity (Wildman–Crippen MR) is 104 cm³/mol. The molecule has 0 aromatic heterocycles. The first-order valence-corrected chi connectivity index (χ1v) is 10.5. The number of hydrogen-bond acceptors (Lipinski definition) is 5. The molecule has 0 heterocycles. The molecule has 0 aliphatic carbocycles. The van der Waals surface area contributed by atoms with Crippen LogP contribution in [0.1, 0.15) is 41.3 Å². The quantitative estimate of drug-likeness (QED) is 0.735. The summed E-state index contributed by atoms with van der Waals surface area (Å²) in [5.74, 6) is -0.777. The molecule has 6 nitrogen and oxygen atoms in total. The molecule has 0 bridgehead atoms. The van der Waals surface area contributed by atoms with Gasteiger partial charge in [0.15, 0.2) is 16.4 Å². The lowest BCUT2D eigenvalue weighted by Gasteiger charge is -2.09. The summed E-state index contributed by atoms with van der Waals surface area (Å²) in [6.45, 7) is 3.76. The summed E-state index contributed by atoms with van der Waals surface area (Å²) in [5, 5.41) is 2.67. The molecule has 1 amide bonds. The molecule has 0 saturated heterocycles. The monoisotopic (exact) mass is 389 g/mol. The lowest BCUT2D eigenvalue weighted by Crippen LogP contribution is -2.21. The molecule has 0 spiro atoms. The second kappa shape index (κ2) is 8.81. The van der Waals surface area contributed by atoms with Gasteiger partial charge in [0.1, 0.15) is 0 Å². The summed E-state index contributed by atoms with van der Waals surface area (Å²) in [7, 11) is -3.14. The molecule has 2 rings (SSSR count). The topological polar surface area (TPSA) is 89.5 Å². The molecule has 0 fully saturated rings. The van der Waals surface area contributed by atoms with Gasteiger partial charge in [-0.25, -0.2) is 13.2 Å². The van der Waals surface area contributed by atoms with Crippen molar-refractivity contribution >= 4 is 27.4 Å². The molecule has 0 radical (unpaired) electrons. The SMILES string of the molecule is CC(C)c1ccc(NC(=O)COC(=O)c2ccc(CS(C)(=O)=O)cc2)cc1. The van der Waals surface area contributed by atoms with Gasteiger partial charge in [0.2, 0.25) is 0 Å². The van der Waals surface area contributed by atoms with Crippen LogP contribution in [0.5, 0.6) is 0 Å². The number of amides is 1. The van der Waals surface area contributed by atoms with Crippen LogP contribution in [0.2, 0.25) is 0 Å². The van der Waals surface area contributed by atoms with E-state index in [1.54, 1.807) is 24.3 Å². The maximum Gasteiger partial charge on any atom is 0.338 e. The number of rotatable bonds is 7. The molecule has 1 N–H and O–H groups in total. The van der Waals surface area contributed by atoms with E-state index in [9.17, 15) is 18.0 Å². The first-order valence-electron chi connectivity index (χ1n) is 8.47. The van der Waals surface area contributed by atoms with Gasteiger partial charge in [-0.2, -0.15) is 0 Å². The van der Waals surface area contributed by atoms with Crippen molar-refractivity contribution in [1.82, 2.24) is 0 Å². The summed E-state index contributed by atoms with van der Waals surface area (Å²) in [6.07, 6.45) is 1.14. The van der Waals surface area contributed by atoms with Crippen molar-refractivity contribution in [3.8, 4) is 0 Å². The van der Waals surface area contributed by atoms with Crippen LogP contribution in [0, 0.1) is 0 Å². The fourth-order valence-corrected chi connectivity index (χ4v) is 3.20. The number of ether oxygens (including phenoxy) is 1. The molecule has 0 aliphatic heterocycles. The molecule has 0 atom stereocenters. The van der Waals surface area contributed by atoms with E-state index in [0.717, 1.165) is 6.26 Å². The maximum atomic E-state index is 12.0. The van der Waals surface area contributed by atoms with Crippen LogP contribution in [0.3, 0.4) is 0 Å². The van der Waals surface area contributed by atoms with Crippen molar-refractivity contribution in [2.75, 3.05) is 18.2 Å². The Bertz CT molecular complexity index is 900. The van der Waals surface area contributed by atoms with Crippen molar-refractivity contribution in [2.24, 2.45) is 0 Å². The van der Waals surface area contributed by atoms with Gasteiger partial charge in [0, 0.05) is 11.9 Å². The highest BCUT2D eigenvalue weighted by atomic mass is 32.2. The fraction of sp³-hybridized carbons (Fsp3) is 0.300. The van der Waals surface area contributed by atoms with E-state index in [1.165, 1.54) is 17.7 Å². The van der Waals surface area contributed by atoms with E-state index in [-0.39, 0.29) is 11.3 Å². The first kappa shape index (κ1) is 20.6. The number of carbonyl (C=O) groups is 2. The van der Waals surface area contributed by atoms with Crippen LogP contribution in [-0.2, 0) is 25.1 Å². The largest absolute Gasteiger partial charge is 0.452 e. The molecular formula is C20H23NO5S. The third-order valence-electron chi connectivity index (χ3n) is 3.81. The summed E-state index contributed by atoms with van der Waals surface area (Å²) < 4.78 is 27.5. The average Bonchev–Trinajstić information content (AvgIpc) is 2.59. The Morgan fingerprint density at radius 2 is 1.59 bits per heavy atom. The lowest BCUT2D eigenvalue weighted by molar-refractivity contribution is -0.119. The first-order chi connectivity index (χ1) is 12.6. The van der Waals surface area contributed by atoms with Crippen molar-refractivity contribution in [3.05, 3.63) is 65.2 Å². The highest BCUT2D eigenvalue weighted by Gasteiger charge is 2.12. The number of nitrogens with one attached hydrogen (secondary N) is 1. The van der Waals surface area contributed by atoms with Crippen molar-refractivity contribution < 1.29 is 22.7 Å². The molecule has 0 saturated carbocycles. The third-order valence-corrected chi connectivity index (χ3v) is 4.67. The number of hydrogen-bond donors (Lipinski definition) is 1. The molecule has 2 aromatic rings. The molecule has 27 heavy (non-hydrogen) atoms. The Hall–Kier alpha value is -2.67.